The molecule has 0 unspecified atom stereocenters. The molecule has 2 heterocycles. The molecule has 1 aliphatic heterocycles. The number of anilines is 2. The van der Waals surface area contributed by atoms with E-state index in [-0.39, 0.29) is 39.6 Å². The second-order valence-corrected chi connectivity index (χ2v) is 8.75. The molecule has 2 aromatic carbocycles. The van der Waals surface area contributed by atoms with Gasteiger partial charge >= 0.3 is 0 Å². The highest BCUT2D eigenvalue weighted by atomic mass is 35.5. The molecule has 0 spiro atoms. The van der Waals surface area contributed by atoms with E-state index < -0.39 is 11.4 Å². The van der Waals surface area contributed by atoms with Crippen LogP contribution in [0.15, 0.2) is 53.5 Å². The fourth-order valence-corrected chi connectivity index (χ4v) is 4.45. The van der Waals surface area contributed by atoms with E-state index in [0.717, 1.165) is 24.0 Å². The molecule has 172 valence electrons. The van der Waals surface area contributed by atoms with Crippen LogP contribution in [-0.4, -0.2) is 28.5 Å². The third kappa shape index (κ3) is 4.78. The van der Waals surface area contributed by atoms with Gasteiger partial charge in [0.25, 0.3) is 11.5 Å². The van der Waals surface area contributed by atoms with E-state index >= 15 is 0 Å². The predicted molar refractivity (Wildman–Crippen MR) is 125 cm³/mol. The van der Waals surface area contributed by atoms with Gasteiger partial charge in [0.05, 0.1) is 16.9 Å². The molecule has 33 heavy (non-hydrogen) atoms. The molecule has 1 saturated heterocycles. The number of carbonyl (C=O) groups is 1. The zero-order valence-electron chi connectivity index (χ0n) is 18.4. The molecule has 1 aliphatic rings. The van der Waals surface area contributed by atoms with Gasteiger partial charge < -0.3 is 14.8 Å². The van der Waals surface area contributed by atoms with Crippen molar-refractivity contribution in [2.24, 2.45) is 7.05 Å². The molecule has 0 atom stereocenters. The van der Waals surface area contributed by atoms with Crippen molar-refractivity contribution < 1.29 is 13.6 Å². The standard InChI is InChI=1S/C25H24ClF2N3O2/c1-15-3-8-20(28)21(13-15)29-23-19(14-30(2)25(33)22(23)26)24(32)31-11-9-17(10-12-31)16-4-6-18(27)7-5-16/h3-8,13-14,17,29H,9-12H2,1-2H3. The van der Waals surface area contributed by atoms with E-state index in [1.165, 1.54) is 36.0 Å². The molecule has 0 radical (unpaired) electrons. The van der Waals surface area contributed by atoms with Gasteiger partial charge in [0.15, 0.2) is 0 Å². The molecule has 1 N–H and O–H groups in total. The number of pyridine rings is 1. The van der Waals surface area contributed by atoms with Gasteiger partial charge in [-0.15, -0.1) is 0 Å². The number of benzene rings is 2. The number of nitrogens with zero attached hydrogens (tertiary/aromatic N) is 2. The summed E-state index contributed by atoms with van der Waals surface area (Å²) in [6, 6.07) is 11.0. The summed E-state index contributed by atoms with van der Waals surface area (Å²) in [7, 11) is 1.52. The van der Waals surface area contributed by atoms with Gasteiger partial charge in [-0.25, -0.2) is 8.78 Å². The molecule has 0 saturated carbocycles. The Hall–Kier alpha value is -3.19. The Bertz CT molecular complexity index is 1250. The van der Waals surface area contributed by atoms with E-state index in [0.29, 0.717) is 13.1 Å². The first-order chi connectivity index (χ1) is 15.7. The minimum Gasteiger partial charge on any atom is -0.351 e. The summed E-state index contributed by atoms with van der Waals surface area (Å²) in [6.45, 7) is 2.81. The first-order valence-corrected chi connectivity index (χ1v) is 11.1. The number of hydrogen-bond acceptors (Lipinski definition) is 3. The fourth-order valence-electron chi connectivity index (χ4n) is 4.17. The van der Waals surface area contributed by atoms with Crippen LogP contribution in [0.3, 0.4) is 0 Å². The van der Waals surface area contributed by atoms with Crippen molar-refractivity contribution in [3.05, 3.63) is 92.4 Å². The lowest BCUT2D eigenvalue weighted by molar-refractivity contribution is 0.0713. The lowest BCUT2D eigenvalue weighted by Crippen LogP contribution is -2.39. The Morgan fingerprint density at radius 2 is 1.76 bits per heavy atom. The van der Waals surface area contributed by atoms with E-state index in [1.54, 1.807) is 29.2 Å². The second kappa shape index (κ2) is 9.35. The lowest BCUT2D eigenvalue weighted by atomic mass is 9.89. The van der Waals surface area contributed by atoms with Crippen molar-refractivity contribution in [2.75, 3.05) is 18.4 Å². The molecular formula is C25H24ClF2N3O2. The van der Waals surface area contributed by atoms with Crippen molar-refractivity contribution in [1.82, 2.24) is 9.47 Å². The molecule has 1 aromatic heterocycles. The smallest absolute Gasteiger partial charge is 0.271 e. The third-order valence-corrected chi connectivity index (χ3v) is 6.41. The molecule has 0 aliphatic carbocycles. The van der Waals surface area contributed by atoms with E-state index in [2.05, 4.69) is 5.32 Å². The van der Waals surface area contributed by atoms with Gasteiger partial charge in [-0.2, -0.15) is 0 Å². The summed E-state index contributed by atoms with van der Waals surface area (Å²) in [6.07, 6.45) is 2.89. The number of aryl methyl sites for hydroxylation is 2. The van der Waals surface area contributed by atoms with Crippen LogP contribution in [0.4, 0.5) is 20.2 Å². The number of carbonyl (C=O) groups excluding carboxylic acids is 1. The Morgan fingerprint density at radius 1 is 1.09 bits per heavy atom. The van der Waals surface area contributed by atoms with Crippen molar-refractivity contribution in [3.63, 3.8) is 0 Å². The first kappa shape index (κ1) is 23.0. The van der Waals surface area contributed by atoms with Crippen LogP contribution in [-0.2, 0) is 7.05 Å². The van der Waals surface area contributed by atoms with E-state index in [4.69, 9.17) is 11.6 Å². The number of piperidine rings is 1. The van der Waals surface area contributed by atoms with Gasteiger partial charge in [-0.05, 0) is 61.1 Å². The molecule has 1 amide bonds. The van der Waals surface area contributed by atoms with Gasteiger partial charge in [0, 0.05) is 26.3 Å². The summed E-state index contributed by atoms with van der Waals surface area (Å²) in [5.41, 5.74) is 1.80. The Labute approximate surface area is 195 Å². The third-order valence-electron chi connectivity index (χ3n) is 6.06. The van der Waals surface area contributed by atoms with E-state index in [9.17, 15) is 18.4 Å². The summed E-state index contributed by atoms with van der Waals surface area (Å²) in [4.78, 5) is 27.6. The molecular weight excluding hydrogens is 448 g/mol. The largest absolute Gasteiger partial charge is 0.351 e. The number of amides is 1. The number of aromatic nitrogens is 1. The van der Waals surface area contributed by atoms with Crippen LogP contribution >= 0.6 is 11.6 Å². The number of likely N-dealkylation sites (tertiary alicyclic amines) is 1. The Balaban J connectivity index is 1.60. The van der Waals surface area contributed by atoms with Crippen LogP contribution in [0.5, 0.6) is 0 Å². The molecule has 1 fully saturated rings. The van der Waals surface area contributed by atoms with Crippen LogP contribution in [0.25, 0.3) is 0 Å². The maximum absolute atomic E-state index is 14.4. The van der Waals surface area contributed by atoms with Crippen LogP contribution in [0.2, 0.25) is 5.02 Å². The SMILES string of the molecule is Cc1ccc(F)c(Nc2c(C(=O)N3CCC(c4ccc(F)cc4)CC3)cn(C)c(=O)c2Cl)c1. The number of hydrogen-bond donors (Lipinski definition) is 1. The summed E-state index contributed by atoms with van der Waals surface area (Å²) in [5, 5.41) is 2.70. The van der Waals surface area contributed by atoms with E-state index in [1.807, 2.05) is 6.92 Å². The number of rotatable bonds is 4. The first-order valence-electron chi connectivity index (χ1n) is 10.7. The lowest BCUT2D eigenvalue weighted by Gasteiger charge is -2.33. The zero-order chi connectivity index (χ0) is 23.7. The quantitative estimate of drug-likeness (QED) is 0.555. The summed E-state index contributed by atoms with van der Waals surface area (Å²) in [5.74, 6) is -0.850. The topological polar surface area (TPSA) is 54.3 Å². The van der Waals surface area contributed by atoms with Crippen LogP contribution in [0.1, 0.15) is 40.2 Å². The Kier molecular flexibility index (Phi) is 6.51. The average Bonchev–Trinajstić information content (AvgIpc) is 2.81. The summed E-state index contributed by atoms with van der Waals surface area (Å²) < 4.78 is 28.9. The van der Waals surface area contributed by atoms with Crippen molar-refractivity contribution in [1.29, 1.82) is 0 Å². The van der Waals surface area contributed by atoms with Gasteiger partial charge in [-0.3, -0.25) is 9.59 Å². The van der Waals surface area contributed by atoms with Crippen molar-refractivity contribution in [3.8, 4) is 0 Å². The maximum Gasteiger partial charge on any atom is 0.271 e. The fraction of sp³-hybridized carbons (Fsp3) is 0.280. The highest BCUT2D eigenvalue weighted by Gasteiger charge is 2.28. The van der Waals surface area contributed by atoms with Crippen molar-refractivity contribution >= 4 is 28.9 Å². The van der Waals surface area contributed by atoms with Crippen LogP contribution < -0.4 is 10.9 Å². The minimum absolute atomic E-state index is 0.0925. The highest BCUT2D eigenvalue weighted by molar-refractivity contribution is 6.34. The Morgan fingerprint density at radius 3 is 2.42 bits per heavy atom. The molecule has 4 rings (SSSR count). The number of halogens is 3. The predicted octanol–water partition coefficient (Wildman–Crippen LogP) is 5.39. The number of nitrogens with one attached hydrogen (secondary N) is 1. The molecule has 0 bridgehead atoms. The normalized spacial score (nSPS) is 14.4. The zero-order valence-corrected chi connectivity index (χ0v) is 19.1. The monoisotopic (exact) mass is 471 g/mol. The molecule has 5 nitrogen and oxygen atoms in total. The van der Waals surface area contributed by atoms with Crippen LogP contribution in [0, 0.1) is 18.6 Å². The second-order valence-electron chi connectivity index (χ2n) is 8.37. The van der Waals surface area contributed by atoms with Gasteiger partial charge in [0.2, 0.25) is 0 Å². The minimum atomic E-state index is -0.518. The average molecular weight is 472 g/mol. The van der Waals surface area contributed by atoms with Gasteiger partial charge in [0.1, 0.15) is 16.7 Å². The van der Waals surface area contributed by atoms with Crippen molar-refractivity contribution in [2.45, 2.75) is 25.7 Å². The highest BCUT2D eigenvalue weighted by Crippen LogP contribution is 2.32. The molecule has 3 aromatic rings. The maximum atomic E-state index is 14.4. The molecule has 8 heteroatoms. The summed E-state index contributed by atoms with van der Waals surface area (Å²) >= 11 is 6.33. The van der Waals surface area contributed by atoms with Gasteiger partial charge in [-0.1, -0.05) is 29.8 Å².